The van der Waals surface area contributed by atoms with E-state index in [4.69, 9.17) is 0 Å². The summed E-state index contributed by atoms with van der Waals surface area (Å²) in [6, 6.07) is 4.15. The normalized spacial score (nSPS) is 20.7. The quantitative estimate of drug-likeness (QED) is 0.798. The highest BCUT2D eigenvalue weighted by atomic mass is 32.2. The molecule has 2 aromatic rings. The van der Waals surface area contributed by atoms with Gasteiger partial charge in [-0.3, -0.25) is 0 Å². The molecule has 0 radical (unpaired) electrons. The summed E-state index contributed by atoms with van der Waals surface area (Å²) in [5.41, 5.74) is 2.21. The maximum atomic E-state index is 4.58. The zero-order chi connectivity index (χ0) is 11.0. The number of hydrogen-bond donors (Lipinski definition) is 0. The molecule has 0 aliphatic carbocycles. The standard InChI is InChI=1S/C12H15N3S/c1-9-4-5-15-12(7-9)13-11(14-15)8-10-3-2-6-16-10/h4-5,7,10H,2-3,6,8H2,1H3. The Morgan fingerprint density at radius 3 is 3.31 bits per heavy atom. The molecule has 1 unspecified atom stereocenters. The molecule has 3 nitrogen and oxygen atoms in total. The third kappa shape index (κ3) is 1.94. The van der Waals surface area contributed by atoms with Crippen molar-refractivity contribution in [1.29, 1.82) is 0 Å². The van der Waals surface area contributed by atoms with Crippen LogP contribution in [0.2, 0.25) is 0 Å². The molecule has 0 N–H and O–H groups in total. The smallest absolute Gasteiger partial charge is 0.155 e. The van der Waals surface area contributed by atoms with E-state index in [1.807, 2.05) is 10.7 Å². The molecule has 84 valence electrons. The second-order valence-corrected chi connectivity index (χ2v) is 5.78. The first-order chi connectivity index (χ1) is 7.81. The van der Waals surface area contributed by atoms with Crippen LogP contribution in [0.3, 0.4) is 0 Å². The highest BCUT2D eigenvalue weighted by Crippen LogP contribution is 2.28. The number of aryl methyl sites for hydroxylation is 1. The number of aromatic nitrogens is 3. The molecule has 0 saturated carbocycles. The first-order valence-corrected chi connectivity index (χ1v) is 6.80. The second kappa shape index (κ2) is 4.09. The Balaban J connectivity index is 1.86. The van der Waals surface area contributed by atoms with Crippen molar-refractivity contribution in [2.24, 2.45) is 0 Å². The van der Waals surface area contributed by atoms with Crippen molar-refractivity contribution in [2.75, 3.05) is 5.75 Å². The van der Waals surface area contributed by atoms with Crippen molar-refractivity contribution in [1.82, 2.24) is 14.6 Å². The molecule has 0 bridgehead atoms. The SMILES string of the molecule is Cc1ccn2nc(CC3CCCS3)nc2c1. The van der Waals surface area contributed by atoms with Crippen LogP contribution in [0, 0.1) is 6.92 Å². The van der Waals surface area contributed by atoms with Gasteiger partial charge in [-0.25, -0.2) is 9.50 Å². The van der Waals surface area contributed by atoms with Crippen molar-refractivity contribution in [3.63, 3.8) is 0 Å². The van der Waals surface area contributed by atoms with Crippen LogP contribution >= 0.6 is 11.8 Å². The van der Waals surface area contributed by atoms with Gasteiger partial charge in [-0.1, -0.05) is 0 Å². The summed E-state index contributed by atoms with van der Waals surface area (Å²) in [5, 5.41) is 5.24. The Kier molecular flexibility index (Phi) is 2.59. The van der Waals surface area contributed by atoms with Crippen molar-refractivity contribution in [2.45, 2.75) is 31.4 Å². The van der Waals surface area contributed by atoms with Gasteiger partial charge < -0.3 is 0 Å². The Hall–Kier alpha value is -1.03. The molecule has 0 aromatic carbocycles. The van der Waals surface area contributed by atoms with Crippen molar-refractivity contribution < 1.29 is 0 Å². The lowest BCUT2D eigenvalue weighted by molar-refractivity contribution is 0.742. The van der Waals surface area contributed by atoms with Crippen LogP contribution in [0.5, 0.6) is 0 Å². The van der Waals surface area contributed by atoms with Crippen LogP contribution < -0.4 is 0 Å². The molecule has 3 rings (SSSR count). The largest absolute Gasteiger partial charge is 0.221 e. The van der Waals surface area contributed by atoms with E-state index in [1.54, 1.807) is 0 Å². The van der Waals surface area contributed by atoms with Gasteiger partial charge in [-0.15, -0.1) is 0 Å². The van der Waals surface area contributed by atoms with Crippen LogP contribution in [0.25, 0.3) is 5.65 Å². The molecule has 1 atom stereocenters. The van der Waals surface area contributed by atoms with E-state index >= 15 is 0 Å². The fourth-order valence-electron chi connectivity index (χ4n) is 2.12. The van der Waals surface area contributed by atoms with Crippen molar-refractivity contribution in [3.8, 4) is 0 Å². The lowest BCUT2D eigenvalue weighted by Crippen LogP contribution is -2.03. The number of hydrogen-bond acceptors (Lipinski definition) is 3. The number of fused-ring (bicyclic) bond motifs is 1. The molecular weight excluding hydrogens is 218 g/mol. The van der Waals surface area contributed by atoms with Gasteiger partial charge in [-0.05, 0) is 43.2 Å². The average molecular weight is 233 g/mol. The van der Waals surface area contributed by atoms with Gasteiger partial charge in [0.05, 0.1) is 0 Å². The molecule has 1 aliphatic heterocycles. The second-order valence-electron chi connectivity index (χ2n) is 4.37. The molecule has 1 aliphatic rings. The summed E-state index contributed by atoms with van der Waals surface area (Å²) < 4.78 is 1.88. The van der Waals surface area contributed by atoms with Gasteiger partial charge >= 0.3 is 0 Å². The summed E-state index contributed by atoms with van der Waals surface area (Å²) in [6.45, 7) is 2.08. The third-order valence-electron chi connectivity index (χ3n) is 2.97. The number of thioether (sulfide) groups is 1. The molecule has 0 amide bonds. The van der Waals surface area contributed by atoms with Crippen LogP contribution in [-0.2, 0) is 6.42 Å². The molecule has 2 aromatic heterocycles. The van der Waals surface area contributed by atoms with Crippen LogP contribution in [-0.4, -0.2) is 25.6 Å². The van der Waals surface area contributed by atoms with Gasteiger partial charge in [0.15, 0.2) is 11.5 Å². The lowest BCUT2D eigenvalue weighted by Gasteiger charge is -2.02. The average Bonchev–Trinajstić information content (AvgIpc) is 2.86. The molecule has 0 spiro atoms. The van der Waals surface area contributed by atoms with E-state index in [2.05, 4.69) is 40.9 Å². The highest BCUT2D eigenvalue weighted by Gasteiger charge is 2.18. The molecular formula is C12H15N3S. The minimum absolute atomic E-state index is 0.735. The third-order valence-corrected chi connectivity index (χ3v) is 4.37. The number of pyridine rings is 1. The van der Waals surface area contributed by atoms with Crippen molar-refractivity contribution >= 4 is 17.4 Å². The minimum atomic E-state index is 0.735. The van der Waals surface area contributed by atoms with Crippen molar-refractivity contribution in [3.05, 3.63) is 29.7 Å². The van der Waals surface area contributed by atoms with Gasteiger partial charge in [-0.2, -0.15) is 16.9 Å². The molecule has 4 heteroatoms. The summed E-state index contributed by atoms with van der Waals surface area (Å²) in [6.07, 6.45) is 5.68. The van der Waals surface area contributed by atoms with E-state index in [9.17, 15) is 0 Å². The summed E-state index contributed by atoms with van der Waals surface area (Å²) in [5.74, 6) is 2.29. The topological polar surface area (TPSA) is 30.2 Å². The zero-order valence-electron chi connectivity index (χ0n) is 9.39. The Morgan fingerprint density at radius 2 is 2.50 bits per heavy atom. The highest BCUT2D eigenvalue weighted by molar-refractivity contribution is 8.00. The maximum Gasteiger partial charge on any atom is 0.155 e. The maximum absolute atomic E-state index is 4.58. The summed E-state index contributed by atoms with van der Waals surface area (Å²) in [4.78, 5) is 4.58. The van der Waals surface area contributed by atoms with E-state index in [0.717, 1.165) is 23.1 Å². The molecule has 1 fully saturated rings. The number of nitrogens with zero attached hydrogens (tertiary/aromatic N) is 3. The van der Waals surface area contributed by atoms with E-state index in [0.29, 0.717) is 0 Å². The monoisotopic (exact) mass is 233 g/mol. The first-order valence-electron chi connectivity index (χ1n) is 5.75. The Labute approximate surface area is 99.3 Å². The van der Waals surface area contributed by atoms with E-state index < -0.39 is 0 Å². The van der Waals surface area contributed by atoms with Crippen LogP contribution in [0.4, 0.5) is 0 Å². The van der Waals surface area contributed by atoms with Gasteiger partial charge in [0.1, 0.15) is 0 Å². The Morgan fingerprint density at radius 1 is 1.56 bits per heavy atom. The Bertz CT molecular complexity index is 500. The predicted molar refractivity (Wildman–Crippen MR) is 66.9 cm³/mol. The lowest BCUT2D eigenvalue weighted by atomic mass is 10.2. The van der Waals surface area contributed by atoms with E-state index in [-0.39, 0.29) is 0 Å². The fourth-order valence-corrected chi connectivity index (χ4v) is 3.39. The number of rotatable bonds is 2. The molecule has 16 heavy (non-hydrogen) atoms. The van der Waals surface area contributed by atoms with Crippen LogP contribution in [0.1, 0.15) is 24.2 Å². The molecule has 3 heterocycles. The van der Waals surface area contributed by atoms with E-state index in [1.165, 1.54) is 24.2 Å². The van der Waals surface area contributed by atoms with Crippen LogP contribution in [0.15, 0.2) is 18.3 Å². The van der Waals surface area contributed by atoms with Gasteiger partial charge in [0.2, 0.25) is 0 Å². The predicted octanol–water partition coefficient (Wildman–Crippen LogP) is 2.48. The fraction of sp³-hybridized carbons (Fsp3) is 0.500. The molecule has 1 saturated heterocycles. The summed E-state index contributed by atoms with van der Waals surface area (Å²) in [7, 11) is 0. The summed E-state index contributed by atoms with van der Waals surface area (Å²) >= 11 is 2.06. The minimum Gasteiger partial charge on any atom is -0.221 e. The van der Waals surface area contributed by atoms with Gasteiger partial charge in [0.25, 0.3) is 0 Å². The zero-order valence-corrected chi connectivity index (χ0v) is 10.2. The first kappa shape index (κ1) is 10.1. The van der Waals surface area contributed by atoms with Gasteiger partial charge in [0, 0.05) is 17.9 Å².